The highest BCUT2D eigenvalue weighted by Crippen LogP contribution is 2.54. The van der Waals surface area contributed by atoms with Gasteiger partial charge in [0.2, 0.25) is 0 Å². The molecule has 0 aromatic heterocycles. The Labute approximate surface area is 88.1 Å². The van der Waals surface area contributed by atoms with Crippen molar-refractivity contribution in [2.45, 2.75) is 46.0 Å². The molecule has 2 aliphatic carbocycles. The molecule has 0 saturated heterocycles. The molecule has 2 rings (SSSR count). The van der Waals surface area contributed by atoms with E-state index in [4.69, 9.17) is 0 Å². The maximum atomic E-state index is 3.93. The quantitative estimate of drug-likeness (QED) is 0.568. The standard InChI is InChI=1S/C14H22/c1-4-11(2)13-9-8-12-7-5-6-10-14(12,13)3/h4,9,11-12H,1,5-8,10H2,2-3H3/t11-,12?,14?/m1/s1. The van der Waals surface area contributed by atoms with Crippen LogP contribution in [-0.4, -0.2) is 0 Å². The van der Waals surface area contributed by atoms with E-state index < -0.39 is 0 Å². The molecule has 0 amide bonds. The smallest absolute Gasteiger partial charge is 0.00488 e. The van der Waals surface area contributed by atoms with Crippen LogP contribution >= 0.6 is 0 Å². The second-order valence-electron chi connectivity index (χ2n) is 5.28. The third-order valence-corrected chi connectivity index (χ3v) is 4.53. The highest BCUT2D eigenvalue weighted by Gasteiger charge is 2.43. The molecule has 0 N–H and O–H groups in total. The van der Waals surface area contributed by atoms with E-state index in [2.05, 4.69) is 32.6 Å². The molecule has 0 nitrogen and oxygen atoms in total. The first kappa shape index (κ1) is 10.0. The first-order valence-corrected chi connectivity index (χ1v) is 6.01. The Morgan fingerprint density at radius 1 is 1.57 bits per heavy atom. The molecule has 0 aromatic carbocycles. The van der Waals surface area contributed by atoms with Crippen molar-refractivity contribution >= 4 is 0 Å². The molecular weight excluding hydrogens is 168 g/mol. The van der Waals surface area contributed by atoms with Gasteiger partial charge in [0.15, 0.2) is 0 Å². The van der Waals surface area contributed by atoms with E-state index in [0.29, 0.717) is 11.3 Å². The van der Waals surface area contributed by atoms with Gasteiger partial charge in [-0.05, 0) is 36.5 Å². The molecule has 1 fully saturated rings. The molecule has 2 unspecified atom stereocenters. The summed E-state index contributed by atoms with van der Waals surface area (Å²) in [7, 11) is 0. The second kappa shape index (κ2) is 3.56. The van der Waals surface area contributed by atoms with Crippen LogP contribution < -0.4 is 0 Å². The van der Waals surface area contributed by atoms with Gasteiger partial charge in [-0.3, -0.25) is 0 Å². The van der Waals surface area contributed by atoms with Crippen LogP contribution in [0.3, 0.4) is 0 Å². The van der Waals surface area contributed by atoms with Gasteiger partial charge in [-0.25, -0.2) is 0 Å². The van der Waals surface area contributed by atoms with Gasteiger partial charge >= 0.3 is 0 Å². The van der Waals surface area contributed by atoms with Gasteiger partial charge in [-0.2, -0.15) is 0 Å². The zero-order valence-electron chi connectivity index (χ0n) is 9.55. The van der Waals surface area contributed by atoms with Gasteiger partial charge in [-0.15, -0.1) is 6.58 Å². The van der Waals surface area contributed by atoms with Gasteiger partial charge in [0.25, 0.3) is 0 Å². The number of allylic oxidation sites excluding steroid dienone is 3. The van der Waals surface area contributed by atoms with E-state index >= 15 is 0 Å². The summed E-state index contributed by atoms with van der Waals surface area (Å²) in [5.41, 5.74) is 2.20. The number of fused-ring (bicyclic) bond motifs is 1. The molecule has 14 heavy (non-hydrogen) atoms. The van der Waals surface area contributed by atoms with Crippen LogP contribution in [0.15, 0.2) is 24.3 Å². The lowest BCUT2D eigenvalue weighted by Crippen LogP contribution is -2.30. The summed E-state index contributed by atoms with van der Waals surface area (Å²) in [6.07, 6.45) is 11.7. The minimum Gasteiger partial charge on any atom is -0.102 e. The van der Waals surface area contributed by atoms with Crippen LogP contribution in [-0.2, 0) is 0 Å². The number of hydrogen-bond donors (Lipinski definition) is 0. The molecule has 1 saturated carbocycles. The molecule has 0 bridgehead atoms. The van der Waals surface area contributed by atoms with Gasteiger partial charge < -0.3 is 0 Å². The van der Waals surface area contributed by atoms with E-state index in [9.17, 15) is 0 Å². The van der Waals surface area contributed by atoms with Crippen molar-refractivity contribution in [1.82, 2.24) is 0 Å². The summed E-state index contributed by atoms with van der Waals surface area (Å²) in [6.45, 7) is 8.71. The zero-order chi connectivity index (χ0) is 10.2. The van der Waals surface area contributed by atoms with Crippen LogP contribution in [0.2, 0.25) is 0 Å². The van der Waals surface area contributed by atoms with Crippen LogP contribution in [0.25, 0.3) is 0 Å². The van der Waals surface area contributed by atoms with E-state index in [-0.39, 0.29) is 0 Å². The van der Waals surface area contributed by atoms with Crippen molar-refractivity contribution in [3.63, 3.8) is 0 Å². The Balaban J connectivity index is 2.23. The van der Waals surface area contributed by atoms with Crippen LogP contribution in [0.4, 0.5) is 0 Å². The summed E-state index contributed by atoms with van der Waals surface area (Å²) in [5, 5.41) is 0. The summed E-state index contributed by atoms with van der Waals surface area (Å²) in [6, 6.07) is 0. The maximum absolute atomic E-state index is 3.93. The Morgan fingerprint density at radius 2 is 2.36 bits per heavy atom. The molecule has 0 aromatic rings. The number of rotatable bonds is 2. The minimum absolute atomic E-state index is 0.520. The van der Waals surface area contributed by atoms with E-state index in [0.717, 1.165) is 5.92 Å². The Kier molecular flexibility index (Phi) is 2.55. The van der Waals surface area contributed by atoms with Crippen molar-refractivity contribution in [2.24, 2.45) is 17.3 Å². The summed E-state index contributed by atoms with van der Waals surface area (Å²) >= 11 is 0. The molecule has 0 aliphatic heterocycles. The van der Waals surface area contributed by atoms with Crippen LogP contribution in [0, 0.1) is 17.3 Å². The fraction of sp³-hybridized carbons (Fsp3) is 0.714. The van der Waals surface area contributed by atoms with Crippen LogP contribution in [0.5, 0.6) is 0 Å². The highest BCUT2D eigenvalue weighted by molar-refractivity contribution is 5.27. The molecule has 0 spiro atoms. The molecule has 2 aliphatic rings. The molecule has 0 heterocycles. The van der Waals surface area contributed by atoms with Crippen molar-refractivity contribution in [3.8, 4) is 0 Å². The Morgan fingerprint density at radius 3 is 3.07 bits per heavy atom. The normalized spacial score (nSPS) is 38.7. The van der Waals surface area contributed by atoms with Crippen LogP contribution in [0.1, 0.15) is 46.0 Å². The third kappa shape index (κ3) is 1.36. The summed E-state index contributed by atoms with van der Waals surface area (Å²) in [4.78, 5) is 0. The van der Waals surface area contributed by atoms with Crippen molar-refractivity contribution in [1.29, 1.82) is 0 Å². The largest absolute Gasteiger partial charge is 0.102 e. The molecular formula is C14H22. The molecule has 0 heteroatoms. The van der Waals surface area contributed by atoms with E-state index in [1.54, 1.807) is 5.57 Å². The summed E-state index contributed by atoms with van der Waals surface area (Å²) < 4.78 is 0. The molecule has 0 radical (unpaired) electrons. The lowest BCUT2D eigenvalue weighted by Gasteiger charge is -2.40. The van der Waals surface area contributed by atoms with Crippen molar-refractivity contribution < 1.29 is 0 Å². The molecule has 78 valence electrons. The molecule has 3 atom stereocenters. The fourth-order valence-corrected chi connectivity index (χ4v) is 3.50. The van der Waals surface area contributed by atoms with Gasteiger partial charge in [-0.1, -0.05) is 44.4 Å². The highest BCUT2D eigenvalue weighted by atomic mass is 14.5. The lowest BCUT2D eigenvalue weighted by atomic mass is 9.64. The van der Waals surface area contributed by atoms with Gasteiger partial charge in [0, 0.05) is 0 Å². The van der Waals surface area contributed by atoms with Gasteiger partial charge in [0.1, 0.15) is 0 Å². The monoisotopic (exact) mass is 190 g/mol. The predicted molar refractivity (Wildman–Crippen MR) is 62.1 cm³/mol. The van der Waals surface area contributed by atoms with Crippen molar-refractivity contribution in [2.75, 3.05) is 0 Å². The Bertz CT molecular complexity index is 261. The lowest BCUT2D eigenvalue weighted by molar-refractivity contribution is 0.170. The predicted octanol–water partition coefficient (Wildman–Crippen LogP) is 4.34. The average Bonchev–Trinajstić information content (AvgIpc) is 2.54. The van der Waals surface area contributed by atoms with Crippen molar-refractivity contribution in [3.05, 3.63) is 24.3 Å². The second-order valence-corrected chi connectivity index (χ2v) is 5.28. The topological polar surface area (TPSA) is 0 Å². The first-order valence-electron chi connectivity index (χ1n) is 6.01. The SMILES string of the molecule is C=C[C@@H](C)C1=CCC2CCCCC12C. The summed E-state index contributed by atoms with van der Waals surface area (Å²) in [5.74, 6) is 1.52. The van der Waals surface area contributed by atoms with E-state index in [1.165, 1.54) is 32.1 Å². The average molecular weight is 190 g/mol. The Hall–Kier alpha value is -0.520. The van der Waals surface area contributed by atoms with E-state index in [1.807, 2.05) is 0 Å². The first-order chi connectivity index (χ1) is 6.68. The minimum atomic E-state index is 0.520. The third-order valence-electron chi connectivity index (χ3n) is 4.53. The fourth-order valence-electron chi connectivity index (χ4n) is 3.50. The maximum Gasteiger partial charge on any atom is -0.00488 e. The van der Waals surface area contributed by atoms with Gasteiger partial charge in [0.05, 0.1) is 0 Å². The zero-order valence-corrected chi connectivity index (χ0v) is 9.55. The number of hydrogen-bond acceptors (Lipinski definition) is 0.